The maximum absolute atomic E-state index is 9.41. The van der Waals surface area contributed by atoms with Crippen LogP contribution in [-0.2, 0) is 25.9 Å². The smallest absolute Gasteiger partial charge is 0.212 e. The van der Waals surface area contributed by atoms with Crippen molar-refractivity contribution in [3.63, 3.8) is 0 Å². The first-order valence-electron chi connectivity index (χ1n) is 7.36. The van der Waals surface area contributed by atoms with E-state index in [1.54, 1.807) is 11.3 Å². The molecule has 5 nitrogen and oxygen atoms in total. The molecule has 3 rings (SSSR count). The number of aliphatic hydroxyl groups is 1. The standard InChI is InChI=1S/C14H20N4OS/c1-2-3-7-12-11(9-19)16-17-18(12)14-15-10-6-4-5-8-13(10)20-14/h19H,2-9H2,1H3. The number of rotatable bonds is 5. The predicted octanol–water partition coefficient (Wildman–Crippen LogP) is 2.44. The number of thiazole rings is 1. The molecular weight excluding hydrogens is 272 g/mol. The number of nitrogens with zero attached hydrogens (tertiary/aromatic N) is 4. The number of aryl methyl sites for hydroxylation is 2. The molecule has 0 aromatic carbocycles. The van der Waals surface area contributed by atoms with Crippen LogP contribution in [0, 0.1) is 0 Å². The van der Waals surface area contributed by atoms with Crippen LogP contribution in [0.3, 0.4) is 0 Å². The lowest BCUT2D eigenvalue weighted by Crippen LogP contribution is -2.04. The van der Waals surface area contributed by atoms with Crippen molar-refractivity contribution in [2.24, 2.45) is 0 Å². The number of unbranched alkanes of at least 4 members (excludes halogenated alkanes) is 1. The highest BCUT2D eigenvalue weighted by atomic mass is 32.1. The molecule has 6 heteroatoms. The molecule has 2 aromatic heterocycles. The van der Waals surface area contributed by atoms with Crippen molar-refractivity contribution in [3.05, 3.63) is 22.0 Å². The lowest BCUT2D eigenvalue weighted by Gasteiger charge is -2.06. The third kappa shape index (κ3) is 2.50. The summed E-state index contributed by atoms with van der Waals surface area (Å²) in [4.78, 5) is 6.13. The van der Waals surface area contributed by atoms with E-state index in [4.69, 9.17) is 4.98 Å². The van der Waals surface area contributed by atoms with Crippen molar-refractivity contribution in [2.45, 2.75) is 58.5 Å². The Kier molecular flexibility index (Phi) is 4.12. The van der Waals surface area contributed by atoms with E-state index in [1.165, 1.54) is 23.4 Å². The molecule has 2 heterocycles. The van der Waals surface area contributed by atoms with Gasteiger partial charge in [0, 0.05) is 4.88 Å². The van der Waals surface area contributed by atoms with E-state index in [9.17, 15) is 5.11 Å². The topological polar surface area (TPSA) is 63.8 Å². The summed E-state index contributed by atoms with van der Waals surface area (Å²) < 4.78 is 1.84. The van der Waals surface area contributed by atoms with Crippen molar-refractivity contribution in [1.82, 2.24) is 20.0 Å². The fourth-order valence-electron chi connectivity index (χ4n) is 2.63. The fourth-order valence-corrected chi connectivity index (χ4v) is 3.75. The molecule has 0 atom stereocenters. The average Bonchev–Trinajstić information content (AvgIpc) is 3.07. The predicted molar refractivity (Wildman–Crippen MR) is 78.2 cm³/mol. The summed E-state index contributed by atoms with van der Waals surface area (Å²) in [6, 6.07) is 0. The van der Waals surface area contributed by atoms with Crippen LogP contribution in [0.5, 0.6) is 0 Å². The summed E-state index contributed by atoms with van der Waals surface area (Å²) in [6.07, 6.45) is 7.80. The second kappa shape index (κ2) is 6.01. The summed E-state index contributed by atoms with van der Waals surface area (Å²) in [6.45, 7) is 2.11. The van der Waals surface area contributed by atoms with Crippen molar-refractivity contribution in [1.29, 1.82) is 0 Å². The summed E-state index contributed by atoms with van der Waals surface area (Å²) in [5.41, 5.74) is 2.94. The van der Waals surface area contributed by atoms with E-state index in [2.05, 4.69) is 17.2 Å². The Labute approximate surface area is 122 Å². The number of hydrogen-bond donors (Lipinski definition) is 1. The first kappa shape index (κ1) is 13.7. The highest BCUT2D eigenvalue weighted by Gasteiger charge is 2.20. The Balaban J connectivity index is 1.96. The van der Waals surface area contributed by atoms with Crippen molar-refractivity contribution in [3.8, 4) is 5.13 Å². The molecule has 0 amide bonds. The van der Waals surface area contributed by atoms with Gasteiger partial charge in [-0.1, -0.05) is 29.9 Å². The largest absolute Gasteiger partial charge is 0.390 e. The Morgan fingerprint density at radius 1 is 1.30 bits per heavy atom. The van der Waals surface area contributed by atoms with Gasteiger partial charge in [-0.3, -0.25) is 0 Å². The molecular formula is C14H20N4OS. The monoisotopic (exact) mass is 292 g/mol. The summed E-state index contributed by atoms with van der Waals surface area (Å²) >= 11 is 1.73. The zero-order valence-corrected chi connectivity index (χ0v) is 12.6. The minimum atomic E-state index is -0.0515. The zero-order chi connectivity index (χ0) is 13.9. The molecule has 20 heavy (non-hydrogen) atoms. The maximum atomic E-state index is 9.41. The van der Waals surface area contributed by atoms with E-state index >= 15 is 0 Å². The normalized spacial score (nSPS) is 14.5. The van der Waals surface area contributed by atoms with Crippen LogP contribution < -0.4 is 0 Å². The molecule has 0 spiro atoms. The lowest BCUT2D eigenvalue weighted by atomic mass is 10.0. The number of aromatic nitrogens is 4. The SMILES string of the molecule is CCCCc1c(CO)nnn1-c1nc2c(s1)CCCC2. The third-order valence-corrected chi connectivity index (χ3v) is 4.91. The number of aliphatic hydroxyl groups excluding tert-OH is 1. The highest BCUT2D eigenvalue weighted by molar-refractivity contribution is 7.14. The molecule has 0 bridgehead atoms. The second-order valence-corrected chi connectivity index (χ2v) is 6.29. The van der Waals surface area contributed by atoms with Gasteiger partial charge >= 0.3 is 0 Å². The van der Waals surface area contributed by atoms with Gasteiger partial charge in [0.1, 0.15) is 5.69 Å². The van der Waals surface area contributed by atoms with Crippen LogP contribution >= 0.6 is 11.3 Å². The molecule has 0 unspecified atom stereocenters. The van der Waals surface area contributed by atoms with Gasteiger partial charge in [0.25, 0.3) is 0 Å². The van der Waals surface area contributed by atoms with E-state index in [1.807, 2.05) is 4.68 Å². The van der Waals surface area contributed by atoms with Gasteiger partial charge < -0.3 is 5.11 Å². The molecule has 0 fully saturated rings. The molecule has 108 valence electrons. The van der Waals surface area contributed by atoms with Crippen LogP contribution in [0.15, 0.2) is 0 Å². The molecule has 0 saturated carbocycles. The minimum Gasteiger partial charge on any atom is -0.390 e. The maximum Gasteiger partial charge on any atom is 0.212 e. The lowest BCUT2D eigenvalue weighted by molar-refractivity contribution is 0.275. The van der Waals surface area contributed by atoms with Crippen LogP contribution in [-0.4, -0.2) is 25.1 Å². The van der Waals surface area contributed by atoms with Crippen molar-refractivity contribution < 1.29 is 5.11 Å². The van der Waals surface area contributed by atoms with E-state index < -0.39 is 0 Å². The molecule has 1 aliphatic rings. The van der Waals surface area contributed by atoms with Gasteiger partial charge in [0.2, 0.25) is 5.13 Å². The molecule has 0 aliphatic heterocycles. The van der Waals surface area contributed by atoms with Crippen molar-refractivity contribution >= 4 is 11.3 Å². The highest BCUT2D eigenvalue weighted by Crippen LogP contribution is 2.29. The molecule has 1 N–H and O–H groups in total. The van der Waals surface area contributed by atoms with E-state index in [0.29, 0.717) is 5.69 Å². The van der Waals surface area contributed by atoms with Crippen LogP contribution in [0.1, 0.15) is 54.6 Å². The van der Waals surface area contributed by atoms with Crippen LogP contribution in [0.4, 0.5) is 0 Å². The quantitative estimate of drug-likeness (QED) is 0.919. The van der Waals surface area contributed by atoms with Crippen LogP contribution in [0.2, 0.25) is 0 Å². The van der Waals surface area contributed by atoms with Crippen molar-refractivity contribution in [2.75, 3.05) is 0 Å². The zero-order valence-electron chi connectivity index (χ0n) is 11.8. The number of fused-ring (bicyclic) bond motifs is 1. The van der Waals surface area contributed by atoms with Crippen LogP contribution in [0.25, 0.3) is 5.13 Å². The molecule has 1 aliphatic carbocycles. The molecule has 0 radical (unpaired) electrons. The van der Waals surface area contributed by atoms with Gasteiger partial charge in [-0.25, -0.2) is 4.98 Å². The first-order valence-corrected chi connectivity index (χ1v) is 8.18. The Bertz CT molecular complexity index is 567. The minimum absolute atomic E-state index is 0.0515. The Morgan fingerprint density at radius 2 is 2.15 bits per heavy atom. The summed E-state index contributed by atoms with van der Waals surface area (Å²) in [7, 11) is 0. The average molecular weight is 292 g/mol. The molecule has 0 saturated heterocycles. The molecule has 2 aromatic rings. The van der Waals surface area contributed by atoms with Gasteiger partial charge in [-0.2, -0.15) is 4.68 Å². The Hall–Kier alpha value is -1.27. The van der Waals surface area contributed by atoms with E-state index in [-0.39, 0.29) is 6.61 Å². The third-order valence-electron chi connectivity index (χ3n) is 3.78. The number of hydrogen-bond acceptors (Lipinski definition) is 5. The second-order valence-electron chi connectivity index (χ2n) is 5.23. The van der Waals surface area contributed by atoms with Gasteiger partial charge in [0.05, 0.1) is 18.0 Å². The van der Waals surface area contributed by atoms with Gasteiger partial charge in [0.15, 0.2) is 0 Å². The Morgan fingerprint density at radius 3 is 2.90 bits per heavy atom. The first-order chi connectivity index (χ1) is 9.83. The van der Waals surface area contributed by atoms with Gasteiger partial charge in [-0.05, 0) is 38.5 Å². The fraction of sp³-hybridized carbons (Fsp3) is 0.643. The van der Waals surface area contributed by atoms with Gasteiger partial charge in [-0.15, -0.1) is 5.10 Å². The summed E-state index contributed by atoms with van der Waals surface area (Å²) in [5.74, 6) is 0. The summed E-state index contributed by atoms with van der Waals surface area (Å²) in [5, 5.41) is 18.6. The van der Waals surface area contributed by atoms with E-state index in [0.717, 1.165) is 42.9 Å².